The van der Waals surface area contributed by atoms with Crippen LogP contribution in [0.1, 0.15) is 16.8 Å². The van der Waals surface area contributed by atoms with Gasteiger partial charge in [0.15, 0.2) is 0 Å². The summed E-state index contributed by atoms with van der Waals surface area (Å²) in [4.78, 5) is 43.2. The molecule has 0 aliphatic heterocycles. The van der Waals surface area contributed by atoms with Crippen molar-refractivity contribution in [2.75, 3.05) is 0 Å². The SMILES string of the molecule is O=C(O)CC(NC(=O)c1cccc(Cl)c1[N+](=O)[O-])C(=O)O. The highest BCUT2D eigenvalue weighted by Crippen LogP contribution is 2.28. The molecule has 0 bridgehead atoms. The van der Waals surface area contributed by atoms with E-state index >= 15 is 0 Å². The Kier molecular flexibility index (Phi) is 5.19. The Morgan fingerprint density at radius 3 is 2.43 bits per heavy atom. The van der Waals surface area contributed by atoms with Gasteiger partial charge in [-0.05, 0) is 12.1 Å². The van der Waals surface area contributed by atoms with Gasteiger partial charge in [0.25, 0.3) is 5.91 Å². The zero-order valence-corrected chi connectivity index (χ0v) is 11.0. The van der Waals surface area contributed by atoms with Crippen LogP contribution in [0.2, 0.25) is 5.02 Å². The van der Waals surface area contributed by atoms with Gasteiger partial charge in [0.05, 0.1) is 11.3 Å². The summed E-state index contributed by atoms with van der Waals surface area (Å²) in [5, 5.41) is 29.9. The van der Waals surface area contributed by atoms with Crippen molar-refractivity contribution in [1.82, 2.24) is 5.32 Å². The fraction of sp³-hybridized carbons (Fsp3) is 0.182. The zero-order chi connectivity index (χ0) is 16.2. The zero-order valence-electron chi connectivity index (χ0n) is 10.3. The quantitative estimate of drug-likeness (QED) is 0.521. The number of rotatable bonds is 6. The maximum Gasteiger partial charge on any atom is 0.326 e. The lowest BCUT2D eigenvalue weighted by atomic mass is 10.1. The molecular formula is C11H9ClN2O7. The Hall–Kier alpha value is -2.68. The van der Waals surface area contributed by atoms with Gasteiger partial charge >= 0.3 is 17.6 Å². The number of para-hydroxylation sites is 1. The highest BCUT2D eigenvalue weighted by molar-refractivity contribution is 6.33. The highest BCUT2D eigenvalue weighted by atomic mass is 35.5. The van der Waals surface area contributed by atoms with E-state index in [0.717, 1.165) is 6.07 Å². The standard InChI is InChI=1S/C11H9ClN2O7/c12-6-3-1-2-5(9(6)14(20)21)10(17)13-7(11(18)19)4-8(15)16/h1-3,7H,4H2,(H,13,17)(H,15,16)(H,18,19). The van der Waals surface area contributed by atoms with E-state index in [1.165, 1.54) is 12.1 Å². The summed E-state index contributed by atoms with van der Waals surface area (Å²) >= 11 is 5.62. The normalized spacial score (nSPS) is 11.5. The molecule has 0 aliphatic carbocycles. The Bertz CT molecular complexity index is 617. The first kappa shape index (κ1) is 16.4. The number of carbonyl (C=O) groups excluding carboxylic acids is 1. The topological polar surface area (TPSA) is 147 Å². The molecule has 1 unspecified atom stereocenters. The number of halogens is 1. The summed E-state index contributed by atoms with van der Waals surface area (Å²) < 4.78 is 0. The number of nitrogens with zero attached hydrogens (tertiary/aromatic N) is 1. The van der Waals surface area contributed by atoms with Crippen LogP contribution >= 0.6 is 11.6 Å². The van der Waals surface area contributed by atoms with E-state index in [-0.39, 0.29) is 5.02 Å². The number of carboxylic acids is 2. The summed E-state index contributed by atoms with van der Waals surface area (Å²) in [6, 6.07) is 1.84. The minimum atomic E-state index is -1.71. The molecule has 21 heavy (non-hydrogen) atoms. The van der Waals surface area contributed by atoms with Crippen LogP contribution in [0, 0.1) is 10.1 Å². The molecule has 0 aromatic heterocycles. The molecule has 0 radical (unpaired) electrons. The minimum Gasteiger partial charge on any atom is -0.481 e. The van der Waals surface area contributed by atoms with Crippen LogP contribution in [0.15, 0.2) is 18.2 Å². The van der Waals surface area contributed by atoms with Crippen molar-refractivity contribution in [3.05, 3.63) is 38.9 Å². The van der Waals surface area contributed by atoms with Gasteiger partial charge in [-0.15, -0.1) is 0 Å². The Morgan fingerprint density at radius 2 is 1.95 bits per heavy atom. The summed E-state index contributed by atoms with van der Waals surface area (Å²) in [5.74, 6) is -4.11. The second-order valence-electron chi connectivity index (χ2n) is 3.86. The largest absolute Gasteiger partial charge is 0.481 e. The fourth-order valence-electron chi connectivity index (χ4n) is 1.49. The third-order valence-corrected chi connectivity index (χ3v) is 2.70. The van der Waals surface area contributed by atoms with E-state index in [2.05, 4.69) is 0 Å². The number of hydrogen-bond donors (Lipinski definition) is 3. The molecule has 3 N–H and O–H groups in total. The highest BCUT2D eigenvalue weighted by Gasteiger charge is 2.28. The van der Waals surface area contributed by atoms with Crippen molar-refractivity contribution >= 4 is 35.1 Å². The molecular weight excluding hydrogens is 308 g/mol. The van der Waals surface area contributed by atoms with Crippen molar-refractivity contribution in [1.29, 1.82) is 0 Å². The van der Waals surface area contributed by atoms with Gasteiger partial charge in [0, 0.05) is 0 Å². The fourth-order valence-corrected chi connectivity index (χ4v) is 1.74. The Morgan fingerprint density at radius 1 is 1.33 bits per heavy atom. The predicted octanol–water partition coefficient (Wildman–Crippen LogP) is 0.906. The van der Waals surface area contributed by atoms with E-state index in [1.807, 2.05) is 5.32 Å². The lowest BCUT2D eigenvalue weighted by Gasteiger charge is -2.12. The average molecular weight is 317 g/mol. The van der Waals surface area contributed by atoms with Crippen molar-refractivity contribution in [3.63, 3.8) is 0 Å². The summed E-state index contributed by atoms with van der Waals surface area (Å²) in [6.07, 6.45) is -0.866. The van der Waals surface area contributed by atoms with E-state index in [0.29, 0.717) is 0 Å². The van der Waals surface area contributed by atoms with Crippen LogP contribution in [0.5, 0.6) is 0 Å². The van der Waals surface area contributed by atoms with E-state index in [9.17, 15) is 24.5 Å². The van der Waals surface area contributed by atoms with Crippen molar-refractivity contribution < 1.29 is 29.5 Å². The number of benzene rings is 1. The minimum absolute atomic E-state index is 0.294. The molecule has 1 rings (SSSR count). The number of amides is 1. The molecule has 1 atom stereocenters. The first-order valence-corrected chi connectivity index (χ1v) is 5.80. The van der Waals surface area contributed by atoms with Crippen molar-refractivity contribution in [3.8, 4) is 0 Å². The lowest BCUT2D eigenvalue weighted by Crippen LogP contribution is -2.42. The first-order chi connectivity index (χ1) is 9.73. The predicted molar refractivity (Wildman–Crippen MR) is 69.2 cm³/mol. The molecule has 0 fully saturated rings. The number of nitro groups is 1. The van der Waals surface area contributed by atoms with Gasteiger partial charge < -0.3 is 15.5 Å². The molecule has 1 aromatic carbocycles. The van der Waals surface area contributed by atoms with E-state index < -0.39 is 46.5 Å². The second kappa shape index (κ2) is 6.66. The van der Waals surface area contributed by atoms with Crippen molar-refractivity contribution in [2.24, 2.45) is 0 Å². The lowest BCUT2D eigenvalue weighted by molar-refractivity contribution is -0.385. The molecule has 1 aromatic rings. The molecule has 0 saturated carbocycles. The molecule has 0 spiro atoms. The van der Waals surface area contributed by atoms with Crippen LogP contribution in [-0.4, -0.2) is 39.0 Å². The first-order valence-electron chi connectivity index (χ1n) is 5.42. The monoisotopic (exact) mass is 316 g/mol. The number of nitro benzene ring substituents is 1. The maximum absolute atomic E-state index is 11.9. The average Bonchev–Trinajstić information content (AvgIpc) is 2.36. The van der Waals surface area contributed by atoms with E-state index in [1.54, 1.807) is 0 Å². The number of hydrogen-bond acceptors (Lipinski definition) is 5. The number of carboxylic acid groups (broad SMARTS) is 2. The van der Waals surface area contributed by atoms with Crippen molar-refractivity contribution in [2.45, 2.75) is 12.5 Å². The van der Waals surface area contributed by atoms with Gasteiger partial charge in [0.1, 0.15) is 16.6 Å². The molecule has 0 saturated heterocycles. The van der Waals surface area contributed by atoms with Crippen LogP contribution < -0.4 is 5.32 Å². The van der Waals surface area contributed by atoms with Gasteiger partial charge in [-0.1, -0.05) is 17.7 Å². The number of carbonyl (C=O) groups is 3. The summed E-state index contributed by atoms with van der Waals surface area (Å²) in [7, 11) is 0. The van der Waals surface area contributed by atoms with Crippen LogP contribution in [0.4, 0.5) is 5.69 Å². The summed E-state index contributed by atoms with van der Waals surface area (Å²) in [6.45, 7) is 0. The molecule has 112 valence electrons. The van der Waals surface area contributed by atoms with Crippen LogP contribution in [0.3, 0.4) is 0 Å². The van der Waals surface area contributed by atoms with Gasteiger partial charge in [-0.3, -0.25) is 19.7 Å². The molecule has 0 aliphatic rings. The second-order valence-corrected chi connectivity index (χ2v) is 4.26. The van der Waals surface area contributed by atoms with E-state index in [4.69, 9.17) is 21.8 Å². The molecule has 10 heteroatoms. The van der Waals surface area contributed by atoms with Crippen LogP contribution in [-0.2, 0) is 9.59 Å². The third-order valence-electron chi connectivity index (χ3n) is 2.40. The van der Waals surface area contributed by atoms with Gasteiger partial charge in [-0.25, -0.2) is 4.79 Å². The molecule has 1 amide bonds. The number of nitrogens with one attached hydrogen (secondary N) is 1. The van der Waals surface area contributed by atoms with Crippen LogP contribution in [0.25, 0.3) is 0 Å². The molecule has 0 heterocycles. The third kappa shape index (κ3) is 4.14. The smallest absolute Gasteiger partial charge is 0.326 e. The maximum atomic E-state index is 11.9. The summed E-state index contributed by atoms with van der Waals surface area (Å²) in [5.41, 5.74) is -1.14. The van der Waals surface area contributed by atoms with Gasteiger partial charge in [-0.2, -0.15) is 0 Å². The van der Waals surface area contributed by atoms with Gasteiger partial charge in [0.2, 0.25) is 0 Å². The number of aliphatic carboxylic acids is 2. The Balaban J connectivity index is 3.09. The molecule has 9 nitrogen and oxygen atoms in total. The Labute approximate surface area is 122 Å².